The van der Waals surface area contributed by atoms with Gasteiger partial charge >= 0.3 is 0 Å². The molecule has 0 radical (unpaired) electrons. The number of amides is 1. The summed E-state index contributed by atoms with van der Waals surface area (Å²) in [4.78, 5) is 15.2. The summed E-state index contributed by atoms with van der Waals surface area (Å²) in [6.45, 7) is 0. The zero-order valence-electron chi connectivity index (χ0n) is 13.4. The summed E-state index contributed by atoms with van der Waals surface area (Å²) >= 11 is 0. The molecule has 2 aromatic carbocycles. The molecule has 3 aromatic rings. The second-order valence-corrected chi connectivity index (χ2v) is 5.11. The molecule has 0 aliphatic carbocycles. The highest BCUT2D eigenvalue weighted by molar-refractivity contribution is 5.98. The minimum atomic E-state index is -0.315. The van der Waals surface area contributed by atoms with Crippen molar-refractivity contribution in [3.8, 4) is 11.5 Å². The number of hydrogen-bond acceptors (Lipinski definition) is 4. The van der Waals surface area contributed by atoms with Gasteiger partial charge in [0.05, 0.1) is 20.4 Å². The number of hydrogen-bond donors (Lipinski definition) is 2. The van der Waals surface area contributed by atoms with Crippen molar-refractivity contribution in [3.63, 3.8) is 0 Å². The first-order valence-electron chi connectivity index (χ1n) is 7.34. The Bertz CT molecular complexity index is 899. The third-order valence-electron chi connectivity index (χ3n) is 3.55. The number of carbonyl (C=O) groups excluding carboxylic acids is 1. The fourth-order valence-electron chi connectivity index (χ4n) is 2.30. The van der Waals surface area contributed by atoms with Crippen molar-refractivity contribution in [3.05, 3.63) is 59.8 Å². The van der Waals surface area contributed by atoms with E-state index < -0.39 is 0 Å². The number of benzene rings is 2. The number of aromatic amines is 1. The normalized spacial score (nSPS) is 10.9. The molecule has 122 valence electrons. The van der Waals surface area contributed by atoms with Gasteiger partial charge in [0.25, 0.3) is 5.91 Å². The summed E-state index contributed by atoms with van der Waals surface area (Å²) in [5.41, 5.74) is 4.59. The second-order valence-electron chi connectivity index (χ2n) is 5.11. The number of methoxy groups -OCH3 is 2. The average Bonchev–Trinajstić information content (AvgIpc) is 3.05. The number of H-pyrrole nitrogens is 1. The van der Waals surface area contributed by atoms with Crippen LogP contribution in [0.5, 0.6) is 11.5 Å². The molecule has 0 aliphatic heterocycles. The standard InChI is InChI=1S/C18H17N3O3/c1-23-14-5-3-4-12(8-14)11-19-21-18(22)17-9-13-6-7-15(24-2)10-16(13)20-17/h3-11,20H,1-2H3,(H,21,22). The van der Waals surface area contributed by atoms with E-state index in [1.807, 2.05) is 42.5 Å². The Morgan fingerprint density at radius 3 is 2.67 bits per heavy atom. The van der Waals surface area contributed by atoms with E-state index in [1.54, 1.807) is 26.5 Å². The molecule has 6 nitrogen and oxygen atoms in total. The number of nitrogens with one attached hydrogen (secondary N) is 2. The zero-order valence-corrected chi connectivity index (χ0v) is 13.4. The molecule has 0 atom stereocenters. The van der Waals surface area contributed by atoms with Gasteiger partial charge in [-0.05, 0) is 35.9 Å². The van der Waals surface area contributed by atoms with Crippen LogP contribution in [0.1, 0.15) is 16.1 Å². The molecule has 0 fully saturated rings. The van der Waals surface area contributed by atoms with Crippen molar-refractivity contribution in [2.45, 2.75) is 0 Å². The molecule has 3 rings (SSSR count). The Morgan fingerprint density at radius 1 is 1.08 bits per heavy atom. The van der Waals surface area contributed by atoms with Crippen LogP contribution in [0.2, 0.25) is 0 Å². The van der Waals surface area contributed by atoms with Crippen LogP contribution in [0, 0.1) is 0 Å². The molecule has 0 aliphatic rings. The topological polar surface area (TPSA) is 75.7 Å². The molecule has 1 amide bonds. The van der Waals surface area contributed by atoms with Gasteiger partial charge in [-0.25, -0.2) is 5.43 Å². The summed E-state index contributed by atoms with van der Waals surface area (Å²) in [6, 6.07) is 14.7. The number of hydrazone groups is 1. The van der Waals surface area contributed by atoms with Crippen molar-refractivity contribution < 1.29 is 14.3 Å². The summed E-state index contributed by atoms with van der Waals surface area (Å²) in [5.74, 6) is 1.14. The van der Waals surface area contributed by atoms with Crippen LogP contribution in [0.25, 0.3) is 10.9 Å². The van der Waals surface area contributed by atoms with Crippen LogP contribution in [-0.4, -0.2) is 31.3 Å². The number of ether oxygens (including phenoxy) is 2. The Hall–Kier alpha value is -3.28. The van der Waals surface area contributed by atoms with Gasteiger partial charge in [-0.2, -0.15) is 5.10 Å². The highest BCUT2D eigenvalue weighted by atomic mass is 16.5. The number of rotatable bonds is 5. The van der Waals surface area contributed by atoms with E-state index >= 15 is 0 Å². The summed E-state index contributed by atoms with van der Waals surface area (Å²) in [6.07, 6.45) is 1.56. The number of nitrogens with zero attached hydrogens (tertiary/aromatic N) is 1. The third-order valence-corrected chi connectivity index (χ3v) is 3.55. The third kappa shape index (κ3) is 3.38. The molecular weight excluding hydrogens is 306 g/mol. The molecule has 0 saturated carbocycles. The van der Waals surface area contributed by atoms with E-state index in [2.05, 4.69) is 15.5 Å². The lowest BCUT2D eigenvalue weighted by Gasteiger charge is -2.00. The lowest BCUT2D eigenvalue weighted by Crippen LogP contribution is -2.17. The van der Waals surface area contributed by atoms with Crippen molar-refractivity contribution in [2.75, 3.05) is 14.2 Å². The van der Waals surface area contributed by atoms with Crippen LogP contribution in [0.3, 0.4) is 0 Å². The van der Waals surface area contributed by atoms with Crippen LogP contribution in [-0.2, 0) is 0 Å². The van der Waals surface area contributed by atoms with Crippen LogP contribution >= 0.6 is 0 Å². The van der Waals surface area contributed by atoms with Crippen molar-refractivity contribution in [1.29, 1.82) is 0 Å². The lowest BCUT2D eigenvalue weighted by molar-refractivity contribution is 0.0951. The van der Waals surface area contributed by atoms with Gasteiger partial charge in [0, 0.05) is 17.0 Å². The summed E-state index contributed by atoms with van der Waals surface area (Å²) < 4.78 is 10.3. The predicted molar refractivity (Wildman–Crippen MR) is 92.9 cm³/mol. The monoisotopic (exact) mass is 323 g/mol. The van der Waals surface area contributed by atoms with Crippen LogP contribution in [0.15, 0.2) is 53.6 Å². The average molecular weight is 323 g/mol. The SMILES string of the molecule is COc1cccc(C=NNC(=O)c2cc3ccc(OC)cc3[nH]2)c1. The molecule has 6 heteroatoms. The van der Waals surface area contributed by atoms with E-state index in [0.717, 1.165) is 28.0 Å². The van der Waals surface area contributed by atoms with Gasteiger partial charge in [0.2, 0.25) is 0 Å². The molecule has 1 aromatic heterocycles. The van der Waals surface area contributed by atoms with Gasteiger partial charge in [0.1, 0.15) is 17.2 Å². The maximum Gasteiger partial charge on any atom is 0.287 e. The molecule has 24 heavy (non-hydrogen) atoms. The minimum Gasteiger partial charge on any atom is -0.497 e. The highest BCUT2D eigenvalue weighted by Gasteiger charge is 2.09. The van der Waals surface area contributed by atoms with Gasteiger partial charge in [-0.1, -0.05) is 12.1 Å². The van der Waals surface area contributed by atoms with E-state index in [-0.39, 0.29) is 5.91 Å². The Labute approximate surface area is 139 Å². The molecule has 2 N–H and O–H groups in total. The van der Waals surface area contributed by atoms with Gasteiger partial charge < -0.3 is 14.5 Å². The molecule has 0 spiro atoms. The minimum absolute atomic E-state index is 0.315. The van der Waals surface area contributed by atoms with Gasteiger partial charge in [-0.3, -0.25) is 4.79 Å². The first kappa shape index (κ1) is 15.6. The van der Waals surface area contributed by atoms with Crippen molar-refractivity contribution in [1.82, 2.24) is 10.4 Å². The Kier molecular flexibility index (Phi) is 4.47. The van der Waals surface area contributed by atoms with Crippen LogP contribution in [0.4, 0.5) is 0 Å². The lowest BCUT2D eigenvalue weighted by atomic mass is 10.2. The Balaban J connectivity index is 1.71. The second kappa shape index (κ2) is 6.87. The number of carbonyl (C=O) groups is 1. The molecular formula is C18H17N3O3. The number of aromatic nitrogens is 1. The predicted octanol–water partition coefficient (Wildman–Crippen LogP) is 2.95. The van der Waals surface area contributed by atoms with Gasteiger partial charge in [0.15, 0.2) is 0 Å². The maximum atomic E-state index is 12.2. The van der Waals surface area contributed by atoms with Crippen LogP contribution < -0.4 is 14.9 Å². The molecule has 0 bridgehead atoms. The van der Waals surface area contributed by atoms with E-state index in [1.165, 1.54) is 0 Å². The van der Waals surface area contributed by atoms with E-state index in [4.69, 9.17) is 9.47 Å². The zero-order chi connectivity index (χ0) is 16.9. The summed E-state index contributed by atoms with van der Waals surface area (Å²) in [7, 11) is 3.20. The number of fused-ring (bicyclic) bond motifs is 1. The molecule has 0 unspecified atom stereocenters. The Morgan fingerprint density at radius 2 is 1.88 bits per heavy atom. The van der Waals surface area contributed by atoms with Gasteiger partial charge in [-0.15, -0.1) is 0 Å². The van der Waals surface area contributed by atoms with E-state index in [9.17, 15) is 4.79 Å². The first-order chi connectivity index (χ1) is 11.7. The van der Waals surface area contributed by atoms with Crippen molar-refractivity contribution >= 4 is 23.0 Å². The van der Waals surface area contributed by atoms with Crippen molar-refractivity contribution in [2.24, 2.45) is 5.10 Å². The summed E-state index contributed by atoms with van der Waals surface area (Å²) in [5, 5.41) is 4.90. The largest absolute Gasteiger partial charge is 0.497 e. The van der Waals surface area contributed by atoms with E-state index in [0.29, 0.717) is 5.69 Å². The molecule has 0 saturated heterocycles. The molecule has 1 heterocycles. The fraction of sp³-hybridized carbons (Fsp3) is 0.111. The maximum absolute atomic E-state index is 12.2. The highest BCUT2D eigenvalue weighted by Crippen LogP contribution is 2.21. The fourth-order valence-corrected chi connectivity index (χ4v) is 2.30. The smallest absolute Gasteiger partial charge is 0.287 e. The quantitative estimate of drug-likeness (QED) is 0.560. The first-order valence-corrected chi connectivity index (χ1v) is 7.34.